The Bertz CT molecular complexity index is 1140. The molecule has 198 valence electrons. The van der Waals surface area contributed by atoms with Gasteiger partial charge in [-0.3, -0.25) is 14.4 Å². The van der Waals surface area contributed by atoms with Crippen LogP contribution < -0.4 is 4.90 Å². The molecule has 7 nitrogen and oxygen atoms in total. The molecule has 4 aliphatic rings. The van der Waals surface area contributed by atoms with Crippen LogP contribution in [0, 0.1) is 25.7 Å². The Balaban J connectivity index is 1.65. The molecule has 1 unspecified atom stereocenters. The number of unbranched alkanes of at least 4 members (excludes halogenated alkanes) is 1. The van der Waals surface area contributed by atoms with Crippen molar-refractivity contribution in [1.29, 1.82) is 0 Å². The normalized spacial score (nSPS) is 34.2. The Morgan fingerprint density at radius 1 is 1.05 bits per heavy atom. The lowest BCUT2D eigenvalue weighted by atomic mass is 9.74. The van der Waals surface area contributed by atoms with Crippen molar-refractivity contribution in [3.63, 3.8) is 0 Å². The van der Waals surface area contributed by atoms with E-state index in [0.717, 1.165) is 29.7 Å². The molecule has 1 spiro atoms. The molecule has 0 bridgehead atoms. The predicted octanol–water partition coefficient (Wildman–Crippen LogP) is 3.56. The maximum Gasteiger partial charge on any atom is 0.311 e. The van der Waals surface area contributed by atoms with Crippen LogP contribution in [0.2, 0.25) is 0 Å². The number of likely N-dealkylation sites (tertiary alicyclic amines) is 1. The van der Waals surface area contributed by atoms with Gasteiger partial charge in [-0.05, 0) is 57.6 Å². The molecule has 37 heavy (non-hydrogen) atoms. The summed E-state index contributed by atoms with van der Waals surface area (Å²) in [7, 11) is 0. The first-order valence-corrected chi connectivity index (χ1v) is 14.1. The van der Waals surface area contributed by atoms with Crippen LogP contribution in [-0.2, 0) is 19.1 Å². The summed E-state index contributed by atoms with van der Waals surface area (Å²) in [5.41, 5.74) is 2.87. The van der Waals surface area contributed by atoms with Crippen LogP contribution in [0.5, 0.6) is 0 Å². The Morgan fingerprint density at radius 2 is 1.81 bits per heavy atom. The monoisotopic (exact) mass is 524 g/mol. The first-order chi connectivity index (χ1) is 17.7. The zero-order valence-corrected chi connectivity index (χ0v) is 22.6. The number of ether oxygens (including phenoxy) is 1. The van der Waals surface area contributed by atoms with Gasteiger partial charge in [-0.2, -0.15) is 0 Å². The largest absolute Gasteiger partial charge is 0.465 e. The van der Waals surface area contributed by atoms with Gasteiger partial charge in [0.2, 0.25) is 5.91 Å². The molecule has 0 aliphatic carbocycles. The number of cyclic esters (lactones) is 1. The minimum atomic E-state index is -0.888. The van der Waals surface area contributed by atoms with Gasteiger partial charge in [-0.1, -0.05) is 42.5 Å². The highest BCUT2D eigenvalue weighted by molar-refractivity contribution is 8.02. The quantitative estimate of drug-likeness (QED) is 0.360. The third-order valence-electron chi connectivity index (χ3n) is 8.27. The van der Waals surface area contributed by atoms with Crippen LogP contribution >= 0.6 is 11.8 Å². The number of amides is 2. The van der Waals surface area contributed by atoms with E-state index in [1.807, 2.05) is 51.1 Å². The number of aliphatic hydroxyl groups is 1. The van der Waals surface area contributed by atoms with Gasteiger partial charge >= 0.3 is 5.97 Å². The second kappa shape index (κ2) is 9.95. The van der Waals surface area contributed by atoms with Crippen LogP contribution in [0.25, 0.3) is 0 Å². The lowest BCUT2D eigenvalue weighted by Crippen LogP contribution is -2.53. The number of benzene rings is 1. The third-order valence-corrected chi connectivity index (χ3v) is 10.1. The number of carbonyl (C=O) groups excluding carboxylic acids is 3. The van der Waals surface area contributed by atoms with Crippen LogP contribution in [-0.4, -0.2) is 69.6 Å². The van der Waals surface area contributed by atoms with Crippen LogP contribution in [0.1, 0.15) is 43.7 Å². The van der Waals surface area contributed by atoms with Crippen molar-refractivity contribution >= 4 is 35.2 Å². The van der Waals surface area contributed by atoms with E-state index in [-0.39, 0.29) is 24.4 Å². The number of allylic oxidation sites excluding steroid dienone is 1. The number of hydrogen-bond donors (Lipinski definition) is 1. The Labute approximate surface area is 222 Å². The first kappa shape index (κ1) is 26.0. The number of anilines is 1. The summed E-state index contributed by atoms with van der Waals surface area (Å²) < 4.78 is 4.11. The number of aryl methyl sites for hydroxylation is 2. The van der Waals surface area contributed by atoms with Gasteiger partial charge in [0.25, 0.3) is 5.91 Å². The molecule has 2 amide bonds. The van der Waals surface area contributed by atoms with Crippen LogP contribution in [0.4, 0.5) is 5.69 Å². The minimum Gasteiger partial charge on any atom is -0.465 e. The molecule has 2 saturated heterocycles. The number of para-hydroxylation sites is 1. The Kier molecular flexibility index (Phi) is 7.00. The van der Waals surface area contributed by atoms with Crippen LogP contribution in [0.3, 0.4) is 0 Å². The van der Waals surface area contributed by atoms with E-state index in [1.165, 1.54) is 0 Å². The molecule has 5 rings (SSSR count). The van der Waals surface area contributed by atoms with Gasteiger partial charge in [-0.15, -0.1) is 11.8 Å². The van der Waals surface area contributed by atoms with Crippen molar-refractivity contribution in [2.45, 2.75) is 62.0 Å². The highest BCUT2D eigenvalue weighted by Crippen LogP contribution is 2.65. The molecular weight excluding hydrogens is 488 g/mol. The molecule has 1 N–H and O–H groups in total. The van der Waals surface area contributed by atoms with E-state index in [4.69, 9.17) is 4.74 Å². The first-order valence-electron chi connectivity index (χ1n) is 13.3. The van der Waals surface area contributed by atoms with Gasteiger partial charge in [0.15, 0.2) is 0 Å². The second-order valence-corrected chi connectivity index (χ2v) is 12.6. The third kappa shape index (κ3) is 4.13. The fourth-order valence-corrected chi connectivity index (χ4v) is 8.85. The van der Waals surface area contributed by atoms with Gasteiger partial charge in [0.05, 0.1) is 23.2 Å². The summed E-state index contributed by atoms with van der Waals surface area (Å²) in [6.45, 7) is 7.11. The lowest BCUT2D eigenvalue weighted by Gasteiger charge is -2.37. The number of hydrogen-bond acceptors (Lipinski definition) is 6. The summed E-state index contributed by atoms with van der Waals surface area (Å²) in [5.74, 6) is -2.04. The van der Waals surface area contributed by atoms with Gasteiger partial charge in [0, 0.05) is 30.1 Å². The Morgan fingerprint density at radius 3 is 2.54 bits per heavy atom. The maximum atomic E-state index is 14.5. The van der Waals surface area contributed by atoms with Crippen molar-refractivity contribution in [2.24, 2.45) is 11.8 Å². The topological polar surface area (TPSA) is 87.2 Å². The van der Waals surface area contributed by atoms with E-state index in [9.17, 15) is 19.5 Å². The molecule has 0 saturated carbocycles. The average Bonchev–Trinajstić information content (AvgIpc) is 3.20. The smallest absolute Gasteiger partial charge is 0.311 e. The Hall–Kier alpha value is -2.58. The highest BCUT2D eigenvalue weighted by Gasteiger charge is 2.73. The van der Waals surface area contributed by atoms with Gasteiger partial charge in [-0.25, -0.2) is 0 Å². The molecular formula is C29H36N2O5S. The van der Waals surface area contributed by atoms with Gasteiger partial charge in [0.1, 0.15) is 6.04 Å². The fourth-order valence-electron chi connectivity index (χ4n) is 6.70. The van der Waals surface area contributed by atoms with Crippen molar-refractivity contribution in [1.82, 2.24) is 4.90 Å². The van der Waals surface area contributed by atoms with Crippen molar-refractivity contribution in [2.75, 3.05) is 31.2 Å². The standard InChI is InChI=1S/C29H36N2O5S/c1-19-11-9-12-20(2)23(19)30-16-10-14-29-21(25(33)31(15-6-7-17-32)24(29)26(30)34)22-27(35)36-18-8-4-5-13-28(22,3)37-29/h5,9-14,21-22,24,32H,4,6-8,15-18H2,1-3H3/b13-5-/t21-,22+,24?,28-,29-/m0/s1. The zero-order valence-electron chi connectivity index (χ0n) is 21.8. The minimum absolute atomic E-state index is 0.0240. The van der Waals surface area contributed by atoms with Crippen molar-refractivity contribution in [3.05, 3.63) is 53.6 Å². The molecule has 5 atom stereocenters. The van der Waals surface area contributed by atoms with Crippen molar-refractivity contribution in [3.8, 4) is 0 Å². The number of aliphatic hydroxyl groups excluding tert-OH is 1. The van der Waals surface area contributed by atoms with Gasteiger partial charge < -0.3 is 19.6 Å². The summed E-state index contributed by atoms with van der Waals surface area (Å²) >= 11 is 1.57. The predicted molar refractivity (Wildman–Crippen MR) is 144 cm³/mol. The molecule has 2 fully saturated rings. The number of fused-ring (bicyclic) bond motifs is 2. The molecule has 1 aromatic rings. The summed E-state index contributed by atoms with van der Waals surface area (Å²) in [5, 5.41) is 9.39. The molecule has 4 heterocycles. The number of esters is 1. The lowest BCUT2D eigenvalue weighted by molar-refractivity contribution is -0.154. The molecule has 8 heteroatoms. The number of carbonyl (C=O) groups is 3. The SMILES string of the molecule is Cc1cccc(C)c1N1CC=C[C@]23S[C@@]4(C)/C=C\CCCOC(=O)[C@H]4[C@H]2C(=O)N(CCCCO)C3C1=O. The molecule has 1 aromatic carbocycles. The maximum absolute atomic E-state index is 14.5. The van der Waals surface area contributed by atoms with E-state index in [1.54, 1.807) is 21.6 Å². The molecule has 0 radical (unpaired) electrons. The molecule has 4 aliphatic heterocycles. The average molecular weight is 525 g/mol. The molecule has 0 aromatic heterocycles. The summed E-state index contributed by atoms with van der Waals surface area (Å²) in [4.78, 5) is 45.7. The number of thioether (sulfide) groups is 1. The van der Waals surface area contributed by atoms with E-state index < -0.39 is 27.4 Å². The van der Waals surface area contributed by atoms with Crippen molar-refractivity contribution < 1.29 is 24.2 Å². The number of nitrogens with zero attached hydrogens (tertiary/aromatic N) is 2. The zero-order chi connectivity index (χ0) is 26.4. The summed E-state index contributed by atoms with van der Waals surface area (Å²) in [6.07, 6.45) is 10.9. The van der Waals surface area contributed by atoms with E-state index >= 15 is 0 Å². The highest BCUT2D eigenvalue weighted by atomic mass is 32.2. The van der Waals surface area contributed by atoms with Crippen LogP contribution in [0.15, 0.2) is 42.5 Å². The number of rotatable bonds is 5. The summed E-state index contributed by atoms with van der Waals surface area (Å²) in [6, 6.07) is 5.23. The second-order valence-electron chi connectivity index (χ2n) is 10.8. The van der Waals surface area contributed by atoms with E-state index in [0.29, 0.717) is 32.5 Å². The fraction of sp³-hybridized carbons (Fsp3) is 0.552. The van der Waals surface area contributed by atoms with E-state index in [2.05, 4.69) is 12.2 Å².